The van der Waals surface area contributed by atoms with Crippen LogP contribution < -0.4 is 4.74 Å². The lowest BCUT2D eigenvalue weighted by Gasteiger charge is -2.12. The van der Waals surface area contributed by atoms with Gasteiger partial charge in [0.2, 0.25) is 0 Å². The van der Waals surface area contributed by atoms with E-state index in [0.29, 0.717) is 6.61 Å². The fourth-order valence-electron chi connectivity index (χ4n) is 1.83. The van der Waals surface area contributed by atoms with E-state index in [9.17, 15) is 4.79 Å². The van der Waals surface area contributed by atoms with Crippen molar-refractivity contribution in [3.63, 3.8) is 0 Å². The van der Waals surface area contributed by atoms with Crippen LogP contribution in [0.25, 0.3) is 0 Å². The standard InChI is InChI=1S/C16H15IO2/c1-11-15(9-8-14(12(2)18)16(11)17)19-10-13-6-4-3-5-7-13/h3-9H,10H2,1-2H3. The van der Waals surface area contributed by atoms with Gasteiger partial charge in [-0.3, -0.25) is 4.79 Å². The molecule has 2 nitrogen and oxygen atoms in total. The zero-order valence-corrected chi connectivity index (χ0v) is 13.1. The van der Waals surface area contributed by atoms with Gasteiger partial charge in [-0.25, -0.2) is 0 Å². The second kappa shape index (κ2) is 6.19. The summed E-state index contributed by atoms with van der Waals surface area (Å²) in [5, 5.41) is 0. The summed E-state index contributed by atoms with van der Waals surface area (Å²) in [6, 6.07) is 13.7. The Hall–Kier alpha value is -1.36. The van der Waals surface area contributed by atoms with Gasteiger partial charge in [0.25, 0.3) is 0 Å². The molecule has 2 aromatic rings. The Morgan fingerprint density at radius 3 is 2.47 bits per heavy atom. The van der Waals surface area contributed by atoms with E-state index in [2.05, 4.69) is 22.6 Å². The second-order valence-corrected chi connectivity index (χ2v) is 5.46. The molecule has 19 heavy (non-hydrogen) atoms. The fourth-order valence-corrected chi connectivity index (χ4v) is 2.66. The predicted octanol–water partition coefficient (Wildman–Crippen LogP) is 4.38. The molecule has 0 aliphatic carbocycles. The molecule has 0 atom stereocenters. The summed E-state index contributed by atoms with van der Waals surface area (Å²) < 4.78 is 6.79. The van der Waals surface area contributed by atoms with Crippen LogP contribution in [0.4, 0.5) is 0 Å². The molecule has 0 aliphatic rings. The number of ether oxygens (including phenoxy) is 1. The summed E-state index contributed by atoms with van der Waals surface area (Å²) >= 11 is 2.20. The largest absolute Gasteiger partial charge is 0.489 e. The first-order valence-electron chi connectivity index (χ1n) is 6.06. The van der Waals surface area contributed by atoms with Crippen molar-refractivity contribution in [3.8, 4) is 5.75 Å². The van der Waals surface area contributed by atoms with E-state index in [1.54, 1.807) is 6.92 Å². The molecule has 0 aromatic heterocycles. The first-order chi connectivity index (χ1) is 9.09. The number of Topliss-reactive ketones (excluding diaryl/α,β-unsaturated/α-hetero) is 1. The predicted molar refractivity (Wildman–Crippen MR) is 84.7 cm³/mol. The van der Waals surface area contributed by atoms with E-state index >= 15 is 0 Å². The molecule has 98 valence electrons. The molecule has 0 unspecified atom stereocenters. The number of carbonyl (C=O) groups excluding carboxylic acids is 1. The van der Waals surface area contributed by atoms with Crippen LogP contribution in [0.5, 0.6) is 5.75 Å². The highest BCUT2D eigenvalue weighted by Crippen LogP contribution is 2.27. The topological polar surface area (TPSA) is 26.3 Å². The Morgan fingerprint density at radius 2 is 1.84 bits per heavy atom. The van der Waals surface area contributed by atoms with Crippen LogP contribution in [-0.2, 0) is 6.61 Å². The summed E-state index contributed by atoms with van der Waals surface area (Å²) in [4.78, 5) is 11.5. The van der Waals surface area contributed by atoms with Crippen molar-refractivity contribution in [2.45, 2.75) is 20.5 Å². The minimum Gasteiger partial charge on any atom is -0.489 e. The van der Waals surface area contributed by atoms with E-state index < -0.39 is 0 Å². The number of halogens is 1. The van der Waals surface area contributed by atoms with Gasteiger partial charge >= 0.3 is 0 Å². The van der Waals surface area contributed by atoms with Crippen molar-refractivity contribution in [1.82, 2.24) is 0 Å². The van der Waals surface area contributed by atoms with Crippen molar-refractivity contribution < 1.29 is 9.53 Å². The smallest absolute Gasteiger partial charge is 0.160 e. The molecule has 2 rings (SSSR count). The number of hydrogen-bond acceptors (Lipinski definition) is 2. The van der Waals surface area contributed by atoms with E-state index in [0.717, 1.165) is 26.0 Å². The van der Waals surface area contributed by atoms with Gasteiger partial charge in [-0.2, -0.15) is 0 Å². The fraction of sp³-hybridized carbons (Fsp3) is 0.188. The highest BCUT2D eigenvalue weighted by molar-refractivity contribution is 14.1. The first-order valence-corrected chi connectivity index (χ1v) is 7.14. The zero-order valence-electron chi connectivity index (χ0n) is 10.9. The van der Waals surface area contributed by atoms with Crippen LogP contribution in [0.15, 0.2) is 42.5 Å². The Balaban J connectivity index is 2.18. The van der Waals surface area contributed by atoms with Gasteiger partial charge in [0.15, 0.2) is 5.78 Å². The van der Waals surface area contributed by atoms with Gasteiger partial charge in [0.05, 0.1) is 0 Å². The van der Waals surface area contributed by atoms with Crippen LogP contribution in [0.2, 0.25) is 0 Å². The van der Waals surface area contributed by atoms with Crippen LogP contribution in [0.1, 0.15) is 28.4 Å². The third-order valence-electron chi connectivity index (χ3n) is 2.95. The average Bonchev–Trinajstić information content (AvgIpc) is 2.41. The number of carbonyl (C=O) groups is 1. The molecule has 0 bridgehead atoms. The van der Waals surface area contributed by atoms with Crippen LogP contribution >= 0.6 is 22.6 Å². The lowest BCUT2D eigenvalue weighted by Crippen LogP contribution is -2.02. The molecule has 0 N–H and O–H groups in total. The molecule has 0 saturated heterocycles. The van der Waals surface area contributed by atoms with Gasteiger partial charge in [-0.05, 0) is 54.1 Å². The van der Waals surface area contributed by atoms with Crippen molar-refractivity contribution >= 4 is 28.4 Å². The first kappa shape index (κ1) is 14.1. The number of rotatable bonds is 4. The summed E-state index contributed by atoms with van der Waals surface area (Å²) in [5.74, 6) is 0.917. The highest BCUT2D eigenvalue weighted by Gasteiger charge is 2.11. The lowest BCUT2D eigenvalue weighted by molar-refractivity contribution is 0.101. The van der Waals surface area contributed by atoms with Gasteiger partial charge < -0.3 is 4.74 Å². The summed E-state index contributed by atoms with van der Waals surface area (Å²) in [7, 11) is 0. The molecule has 2 aromatic carbocycles. The lowest BCUT2D eigenvalue weighted by atomic mass is 10.1. The Bertz CT molecular complexity index is 591. The minimum atomic E-state index is 0.0853. The van der Waals surface area contributed by atoms with Gasteiger partial charge in [-0.1, -0.05) is 30.3 Å². The molecular weight excluding hydrogens is 351 g/mol. The minimum absolute atomic E-state index is 0.0853. The summed E-state index contributed by atoms with van der Waals surface area (Å²) in [6.45, 7) is 4.10. The molecule has 3 heteroatoms. The second-order valence-electron chi connectivity index (χ2n) is 4.38. The average molecular weight is 366 g/mol. The summed E-state index contributed by atoms with van der Waals surface area (Å²) in [6.07, 6.45) is 0. The molecule has 0 radical (unpaired) electrons. The van der Waals surface area contributed by atoms with Crippen LogP contribution in [-0.4, -0.2) is 5.78 Å². The van der Waals surface area contributed by atoms with Crippen LogP contribution in [0.3, 0.4) is 0 Å². The monoisotopic (exact) mass is 366 g/mol. The SMILES string of the molecule is CC(=O)c1ccc(OCc2ccccc2)c(C)c1I. The zero-order chi connectivity index (χ0) is 13.8. The number of ketones is 1. The van der Waals surface area contributed by atoms with Gasteiger partial charge in [0, 0.05) is 14.7 Å². The molecule has 0 amide bonds. The number of hydrogen-bond donors (Lipinski definition) is 0. The Morgan fingerprint density at radius 1 is 1.16 bits per heavy atom. The maximum absolute atomic E-state index is 11.5. The molecule has 0 fully saturated rings. The molecular formula is C16H15IO2. The Kier molecular flexibility index (Phi) is 4.58. The maximum Gasteiger partial charge on any atom is 0.160 e. The van der Waals surface area contributed by atoms with Crippen molar-refractivity contribution in [3.05, 3.63) is 62.7 Å². The molecule has 0 spiro atoms. The van der Waals surface area contributed by atoms with E-state index in [1.165, 1.54) is 0 Å². The van der Waals surface area contributed by atoms with E-state index in [4.69, 9.17) is 4.74 Å². The normalized spacial score (nSPS) is 10.3. The third kappa shape index (κ3) is 3.35. The van der Waals surface area contributed by atoms with Gasteiger partial charge in [0.1, 0.15) is 12.4 Å². The quantitative estimate of drug-likeness (QED) is 0.593. The highest BCUT2D eigenvalue weighted by atomic mass is 127. The third-order valence-corrected chi connectivity index (χ3v) is 4.34. The summed E-state index contributed by atoms with van der Waals surface area (Å²) in [5.41, 5.74) is 2.90. The van der Waals surface area contributed by atoms with Crippen LogP contribution in [0, 0.1) is 10.5 Å². The molecule has 0 heterocycles. The van der Waals surface area contributed by atoms with Crippen molar-refractivity contribution in [2.24, 2.45) is 0 Å². The molecule has 0 aliphatic heterocycles. The van der Waals surface area contributed by atoms with E-state index in [-0.39, 0.29) is 5.78 Å². The number of benzene rings is 2. The molecule has 0 saturated carbocycles. The maximum atomic E-state index is 11.5. The van der Waals surface area contributed by atoms with Gasteiger partial charge in [-0.15, -0.1) is 0 Å². The van der Waals surface area contributed by atoms with Crippen molar-refractivity contribution in [1.29, 1.82) is 0 Å². The Labute approximate surface area is 126 Å². The van der Waals surface area contributed by atoms with Crippen molar-refractivity contribution in [2.75, 3.05) is 0 Å². The van der Waals surface area contributed by atoms with E-state index in [1.807, 2.05) is 49.4 Å².